The van der Waals surface area contributed by atoms with Gasteiger partial charge in [0.25, 0.3) is 0 Å². The Balaban J connectivity index is 2.22. The second-order valence-corrected chi connectivity index (χ2v) is 4.84. The van der Waals surface area contributed by atoms with E-state index in [0.29, 0.717) is 5.71 Å². The fourth-order valence-electron chi connectivity index (χ4n) is 2.72. The molecule has 5 rings (SSSR count). The van der Waals surface area contributed by atoms with Gasteiger partial charge >= 0.3 is 0 Å². The first-order valence-corrected chi connectivity index (χ1v) is 6.53. The third kappa shape index (κ3) is 1.38. The lowest BCUT2D eigenvalue weighted by Gasteiger charge is -2.07. The summed E-state index contributed by atoms with van der Waals surface area (Å²) < 4.78 is 7.69. The smallest absolute Gasteiger partial charge is 0.231 e. The van der Waals surface area contributed by atoms with Crippen LogP contribution in [0.4, 0.5) is 0 Å². The minimum absolute atomic E-state index is 0.514. The second-order valence-electron chi connectivity index (χ2n) is 4.84. The molecule has 0 aliphatic carbocycles. The number of hydrogen-bond acceptors (Lipinski definition) is 4. The molecule has 0 aromatic carbocycles. The number of aromatic amines is 1. The predicted octanol–water partition coefficient (Wildman–Crippen LogP) is 1.63. The molecule has 1 N–H and O–H groups in total. The average Bonchev–Trinajstić information content (AvgIpc) is 2.90. The van der Waals surface area contributed by atoms with Crippen molar-refractivity contribution in [1.29, 1.82) is 0 Å². The number of fused-ring (bicyclic) bond motifs is 4. The summed E-state index contributed by atoms with van der Waals surface area (Å²) in [6.07, 6.45) is 6.89. The maximum atomic E-state index is 5.65. The lowest BCUT2D eigenvalue weighted by Crippen LogP contribution is -2.10. The van der Waals surface area contributed by atoms with Crippen LogP contribution >= 0.6 is 0 Å². The van der Waals surface area contributed by atoms with Crippen LogP contribution in [-0.2, 0) is 0 Å². The minimum atomic E-state index is 0.514. The van der Waals surface area contributed by atoms with E-state index in [2.05, 4.69) is 19.9 Å². The van der Waals surface area contributed by atoms with Crippen LogP contribution in [0.25, 0.3) is 28.5 Å². The molecular formula is C15H9N5O. The lowest BCUT2D eigenvalue weighted by molar-refractivity contribution is 0.592. The Morgan fingerprint density at radius 1 is 1.05 bits per heavy atom. The third-order valence-electron chi connectivity index (χ3n) is 3.64. The van der Waals surface area contributed by atoms with Crippen LogP contribution in [0.5, 0.6) is 0 Å². The molecule has 4 aromatic heterocycles. The van der Waals surface area contributed by atoms with Crippen molar-refractivity contribution in [2.45, 2.75) is 0 Å². The minimum Gasteiger partial charge on any atom is -0.446 e. The zero-order valence-corrected chi connectivity index (χ0v) is 10.8. The van der Waals surface area contributed by atoms with Gasteiger partial charge in [-0.2, -0.15) is 0 Å². The van der Waals surface area contributed by atoms with Crippen molar-refractivity contribution in [2.24, 2.45) is 0 Å². The first-order valence-electron chi connectivity index (χ1n) is 6.53. The second kappa shape index (κ2) is 3.69. The van der Waals surface area contributed by atoms with Crippen LogP contribution in [0.1, 0.15) is 0 Å². The van der Waals surface area contributed by atoms with Gasteiger partial charge in [-0.1, -0.05) is 0 Å². The molecule has 6 heteroatoms. The number of aromatic nitrogens is 5. The number of nitrogens with zero attached hydrogens (tertiary/aromatic N) is 4. The molecule has 0 unspecified atom stereocenters. The van der Waals surface area contributed by atoms with Crippen LogP contribution in [0.15, 0.2) is 47.5 Å². The maximum Gasteiger partial charge on any atom is 0.231 e. The molecule has 0 saturated heterocycles. The van der Waals surface area contributed by atoms with Crippen molar-refractivity contribution in [3.05, 3.63) is 59.1 Å². The van der Waals surface area contributed by atoms with Gasteiger partial charge < -0.3 is 9.40 Å². The highest BCUT2D eigenvalue weighted by Crippen LogP contribution is 2.20. The standard InChI is InChI=1S/C15H9N5O/c1-2-10-12-4-6-21-15-13-11(3-5-16-15)17-8-18-14(13)20(12)7-9(1)19-10/h1-8,19H. The summed E-state index contributed by atoms with van der Waals surface area (Å²) in [5, 5.41) is 3.83. The van der Waals surface area contributed by atoms with Crippen LogP contribution < -0.4 is 5.35 Å². The Morgan fingerprint density at radius 2 is 2.05 bits per heavy atom. The summed E-state index contributed by atoms with van der Waals surface area (Å²) in [6.45, 7) is 0. The highest BCUT2D eigenvalue weighted by atomic mass is 16.3. The molecule has 100 valence electrons. The van der Waals surface area contributed by atoms with Gasteiger partial charge in [0.15, 0.2) is 5.65 Å². The topological polar surface area (TPSA) is 72.5 Å². The van der Waals surface area contributed by atoms with Gasteiger partial charge in [-0.25, -0.2) is 15.0 Å². The van der Waals surface area contributed by atoms with E-state index < -0.39 is 0 Å². The van der Waals surface area contributed by atoms with Crippen LogP contribution in [-0.4, -0.2) is 24.5 Å². The number of pyridine rings is 1. The molecule has 1 aliphatic rings. The quantitative estimate of drug-likeness (QED) is 0.466. The molecule has 2 bridgehead atoms. The van der Waals surface area contributed by atoms with E-state index >= 15 is 0 Å². The van der Waals surface area contributed by atoms with Gasteiger partial charge in [0.05, 0.1) is 27.8 Å². The Kier molecular flexibility index (Phi) is 1.87. The Morgan fingerprint density at radius 3 is 3.05 bits per heavy atom. The fraction of sp³-hybridized carbons (Fsp3) is 0. The molecule has 0 saturated carbocycles. The highest BCUT2D eigenvalue weighted by molar-refractivity contribution is 6.00. The summed E-state index contributed by atoms with van der Waals surface area (Å²) in [4.78, 5) is 16.3. The molecule has 0 amide bonds. The van der Waals surface area contributed by atoms with Crippen molar-refractivity contribution in [3.8, 4) is 0 Å². The van der Waals surface area contributed by atoms with Crippen LogP contribution in [0.2, 0.25) is 0 Å². The van der Waals surface area contributed by atoms with Gasteiger partial charge in [0.1, 0.15) is 11.7 Å². The molecule has 0 fully saturated rings. The van der Waals surface area contributed by atoms with Crippen LogP contribution in [0, 0.1) is 10.7 Å². The lowest BCUT2D eigenvalue weighted by atomic mass is 10.3. The molecule has 5 heterocycles. The Hall–Kier alpha value is -3.15. The van der Waals surface area contributed by atoms with Gasteiger partial charge in [-0.05, 0) is 24.3 Å². The fourth-order valence-corrected chi connectivity index (χ4v) is 2.72. The normalized spacial score (nSPS) is 12.2. The number of nitrogens with one attached hydrogen (secondary N) is 1. The van der Waals surface area contributed by atoms with Gasteiger partial charge in [0, 0.05) is 12.4 Å². The molecule has 6 nitrogen and oxygen atoms in total. The van der Waals surface area contributed by atoms with E-state index in [1.807, 2.05) is 35.0 Å². The largest absolute Gasteiger partial charge is 0.446 e. The molecule has 0 radical (unpaired) electrons. The van der Waals surface area contributed by atoms with E-state index in [-0.39, 0.29) is 0 Å². The van der Waals surface area contributed by atoms with Gasteiger partial charge in [0.2, 0.25) is 5.71 Å². The van der Waals surface area contributed by atoms with Gasteiger partial charge in [-0.3, -0.25) is 4.57 Å². The zero-order valence-electron chi connectivity index (χ0n) is 10.8. The predicted molar refractivity (Wildman–Crippen MR) is 76.3 cm³/mol. The van der Waals surface area contributed by atoms with Crippen molar-refractivity contribution < 1.29 is 4.42 Å². The number of hydrogen-bond donors (Lipinski definition) is 1. The van der Waals surface area contributed by atoms with Crippen LogP contribution in [0.3, 0.4) is 0 Å². The summed E-state index contributed by atoms with van der Waals surface area (Å²) in [6, 6.07) is 7.82. The number of rotatable bonds is 0. The van der Waals surface area contributed by atoms with E-state index in [9.17, 15) is 0 Å². The molecule has 1 aliphatic heterocycles. The SMILES string of the molecule is C1=c2ccc([nH]2)=c2ccoc3nccc4ncnc(c43)n21. The molecule has 0 atom stereocenters. The van der Waals surface area contributed by atoms with Crippen molar-refractivity contribution in [3.63, 3.8) is 0 Å². The molecule has 21 heavy (non-hydrogen) atoms. The molecule has 4 aromatic rings. The third-order valence-corrected chi connectivity index (χ3v) is 3.64. The van der Waals surface area contributed by atoms with E-state index in [0.717, 1.165) is 32.6 Å². The first-order chi connectivity index (χ1) is 10.4. The van der Waals surface area contributed by atoms with E-state index in [4.69, 9.17) is 4.42 Å². The zero-order chi connectivity index (χ0) is 13.8. The highest BCUT2D eigenvalue weighted by Gasteiger charge is 2.09. The van der Waals surface area contributed by atoms with E-state index in [1.165, 1.54) is 0 Å². The van der Waals surface area contributed by atoms with Crippen molar-refractivity contribution in [1.82, 2.24) is 24.5 Å². The van der Waals surface area contributed by atoms with E-state index in [1.54, 1.807) is 18.8 Å². The maximum absolute atomic E-state index is 5.65. The average molecular weight is 275 g/mol. The summed E-state index contributed by atoms with van der Waals surface area (Å²) >= 11 is 0. The summed E-state index contributed by atoms with van der Waals surface area (Å²) in [5.74, 6) is 0. The molecule has 0 spiro atoms. The summed E-state index contributed by atoms with van der Waals surface area (Å²) in [7, 11) is 0. The van der Waals surface area contributed by atoms with Crippen molar-refractivity contribution >= 4 is 28.5 Å². The Bertz CT molecular complexity index is 1190. The summed E-state index contributed by atoms with van der Waals surface area (Å²) in [5.41, 5.74) is 2.09. The van der Waals surface area contributed by atoms with Gasteiger partial charge in [-0.15, -0.1) is 0 Å². The Labute approximate surface area is 117 Å². The monoisotopic (exact) mass is 275 g/mol. The first kappa shape index (κ1) is 10.6. The van der Waals surface area contributed by atoms with Crippen molar-refractivity contribution in [2.75, 3.05) is 0 Å². The number of H-pyrrole nitrogens is 1. The molecular weight excluding hydrogens is 266 g/mol.